The van der Waals surface area contributed by atoms with E-state index in [1.807, 2.05) is 30.3 Å². The smallest absolute Gasteiger partial charge is 0.245 e. The maximum Gasteiger partial charge on any atom is 0.245 e. The molecular formula is C16H11NO2S. The Kier molecular flexibility index (Phi) is 3.05. The standard InChI is InChI=1S/C16H11NO2S/c18-20(19,15-7-2-1-3-8-15)11-10-14-12-13-6-4-5-9-16(13)17-14/h1-9,12,17H. The zero-order chi connectivity index (χ0) is 14.0. The van der Waals surface area contributed by atoms with Gasteiger partial charge in [0, 0.05) is 16.2 Å². The van der Waals surface area contributed by atoms with Crippen LogP contribution < -0.4 is 0 Å². The van der Waals surface area contributed by atoms with Gasteiger partial charge >= 0.3 is 0 Å². The number of aromatic amines is 1. The van der Waals surface area contributed by atoms with Crippen LogP contribution in [-0.4, -0.2) is 13.4 Å². The molecule has 0 unspecified atom stereocenters. The van der Waals surface area contributed by atoms with Gasteiger partial charge in [-0.3, -0.25) is 0 Å². The number of hydrogen-bond donors (Lipinski definition) is 1. The highest BCUT2D eigenvalue weighted by molar-refractivity contribution is 7.96. The number of aromatic nitrogens is 1. The van der Waals surface area contributed by atoms with Crippen LogP contribution in [-0.2, 0) is 9.84 Å². The Morgan fingerprint density at radius 1 is 0.900 bits per heavy atom. The van der Waals surface area contributed by atoms with Crippen molar-refractivity contribution in [2.75, 3.05) is 0 Å². The van der Waals surface area contributed by atoms with Crippen LogP contribution in [0.5, 0.6) is 0 Å². The highest BCUT2D eigenvalue weighted by Crippen LogP contribution is 2.14. The van der Waals surface area contributed by atoms with Gasteiger partial charge in [0.25, 0.3) is 0 Å². The number of rotatable bonds is 1. The van der Waals surface area contributed by atoms with Crippen LogP contribution in [0.2, 0.25) is 0 Å². The number of nitrogens with one attached hydrogen (secondary N) is 1. The van der Waals surface area contributed by atoms with Gasteiger partial charge in [0.1, 0.15) is 0 Å². The van der Waals surface area contributed by atoms with E-state index in [0.717, 1.165) is 10.9 Å². The molecule has 0 saturated heterocycles. The van der Waals surface area contributed by atoms with Crippen molar-refractivity contribution in [1.82, 2.24) is 4.98 Å². The Bertz CT molecular complexity index is 880. The predicted octanol–water partition coefficient (Wildman–Crippen LogP) is 2.95. The molecule has 1 aromatic heterocycles. The lowest BCUT2D eigenvalue weighted by molar-refractivity contribution is 0.606. The average molecular weight is 281 g/mol. The number of benzene rings is 2. The molecule has 0 aliphatic carbocycles. The molecule has 0 radical (unpaired) electrons. The first-order chi connectivity index (χ1) is 9.65. The molecule has 0 spiro atoms. The summed E-state index contributed by atoms with van der Waals surface area (Å²) >= 11 is 0. The first-order valence-electron chi connectivity index (χ1n) is 6.06. The number of H-pyrrole nitrogens is 1. The molecule has 0 bridgehead atoms. The van der Waals surface area contributed by atoms with Gasteiger partial charge in [-0.15, -0.1) is 0 Å². The van der Waals surface area contributed by atoms with Crippen LogP contribution in [0.3, 0.4) is 0 Å². The van der Waals surface area contributed by atoms with Crippen molar-refractivity contribution in [2.24, 2.45) is 0 Å². The molecular weight excluding hydrogens is 270 g/mol. The van der Waals surface area contributed by atoms with Gasteiger partial charge in [0.15, 0.2) is 0 Å². The normalized spacial score (nSPS) is 11.0. The SMILES string of the molecule is O=S(=O)(C#Cc1cc2ccccc2[nH]1)c1ccccc1. The second-order valence-electron chi connectivity index (χ2n) is 4.31. The zero-order valence-corrected chi connectivity index (χ0v) is 11.3. The highest BCUT2D eigenvalue weighted by atomic mass is 32.2. The maximum atomic E-state index is 12.0. The van der Waals surface area contributed by atoms with Crippen LogP contribution in [0.1, 0.15) is 5.69 Å². The molecule has 3 aromatic rings. The predicted molar refractivity (Wildman–Crippen MR) is 78.8 cm³/mol. The van der Waals surface area contributed by atoms with Crippen molar-refractivity contribution >= 4 is 20.7 Å². The van der Waals surface area contributed by atoms with E-state index < -0.39 is 9.84 Å². The van der Waals surface area contributed by atoms with E-state index in [2.05, 4.69) is 16.2 Å². The molecule has 3 rings (SSSR count). The van der Waals surface area contributed by atoms with E-state index in [-0.39, 0.29) is 4.90 Å². The second-order valence-corrected chi connectivity index (χ2v) is 6.00. The minimum Gasteiger partial charge on any atom is -0.348 e. The molecule has 4 heteroatoms. The van der Waals surface area contributed by atoms with Gasteiger partial charge in [0.2, 0.25) is 9.84 Å². The molecule has 20 heavy (non-hydrogen) atoms. The Morgan fingerprint density at radius 2 is 1.60 bits per heavy atom. The Hall–Kier alpha value is -2.51. The topological polar surface area (TPSA) is 49.9 Å². The number of fused-ring (bicyclic) bond motifs is 1. The Labute approximate surface area is 117 Å². The molecule has 0 aliphatic heterocycles. The van der Waals surface area contributed by atoms with Gasteiger partial charge < -0.3 is 4.98 Å². The van der Waals surface area contributed by atoms with Gasteiger partial charge in [-0.05, 0) is 30.2 Å². The summed E-state index contributed by atoms with van der Waals surface area (Å²) in [7, 11) is -3.58. The van der Waals surface area contributed by atoms with Crippen molar-refractivity contribution in [2.45, 2.75) is 4.90 Å². The molecule has 3 nitrogen and oxygen atoms in total. The molecule has 2 aromatic carbocycles. The van der Waals surface area contributed by atoms with Crippen molar-refractivity contribution in [3.8, 4) is 11.2 Å². The fourth-order valence-electron chi connectivity index (χ4n) is 1.92. The van der Waals surface area contributed by atoms with Crippen molar-refractivity contribution in [3.05, 3.63) is 66.4 Å². The van der Waals surface area contributed by atoms with Crippen LogP contribution in [0.15, 0.2) is 65.6 Å². The summed E-state index contributed by atoms with van der Waals surface area (Å²) in [5.41, 5.74) is 1.53. The third-order valence-electron chi connectivity index (χ3n) is 2.90. The van der Waals surface area contributed by atoms with Crippen LogP contribution in [0, 0.1) is 11.2 Å². The molecule has 0 saturated carbocycles. The summed E-state index contributed by atoms with van der Waals surface area (Å²) in [6.45, 7) is 0. The Balaban J connectivity index is 1.99. The molecule has 0 aliphatic rings. The summed E-state index contributed by atoms with van der Waals surface area (Å²) in [5, 5.41) is 3.35. The lowest BCUT2D eigenvalue weighted by Crippen LogP contribution is -1.96. The van der Waals surface area contributed by atoms with Crippen LogP contribution >= 0.6 is 0 Å². The molecule has 1 heterocycles. The van der Waals surface area contributed by atoms with E-state index in [0.29, 0.717) is 5.69 Å². The minimum absolute atomic E-state index is 0.212. The van der Waals surface area contributed by atoms with Gasteiger partial charge in [-0.1, -0.05) is 36.4 Å². The molecule has 0 amide bonds. The Morgan fingerprint density at radius 3 is 2.35 bits per heavy atom. The third-order valence-corrected chi connectivity index (χ3v) is 4.17. The number of para-hydroxylation sites is 1. The molecule has 1 N–H and O–H groups in total. The fraction of sp³-hybridized carbons (Fsp3) is 0. The number of sulfone groups is 1. The maximum absolute atomic E-state index is 12.0. The van der Waals surface area contributed by atoms with Crippen LogP contribution in [0.25, 0.3) is 10.9 Å². The zero-order valence-electron chi connectivity index (χ0n) is 10.5. The second kappa shape index (κ2) is 4.87. The van der Waals surface area contributed by atoms with E-state index in [9.17, 15) is 8.42 Å². The third kappa shape index (κ3) is 2.44. The van der Waals surface area contributed by atoms with Crippen LogP contribution in [0.4, 0.5) is 0 Å². The largest absolute Gasteiger partial charge is 0.348 e. The van der Waals surface area contributed by atoms with Gasteiger partial charge in [-0.25, -0.2) is 8.42 Å². The monoisotopic (exact) mass is 281 g/mol. The molecule has 0 fully saturated rings. The van der Waals surface area contributed by atoms with E-state index in [4.69, 9.17) is 0 Å². The van der Waals surface area contributed by atoms with Crippen molar-refractivity contribution < 1.29 is 8.42 Å². The summed E-state index contributed by atoms with van der Waals surface area (Å²) in [5.74, 6) is 2.68. The lowest BCUT2D eigenvalue weighted by Gasteiger charge is -1.94. The van der Waals surface area contributed by atoms with Crippen molar-refractivity contribution in [3.63, 3.8) is 0 Å². The fourth-order valence-corrected chi connectivity index (χ4v) is 2.80. The summed E-state index contributed by atoms with van der Waals surface area (Å²) in [6, 6.07) is 17.7. The number of hydrogen-bond acceptors (Lipinski definition) is 2. The first-order valence-corrected chi connectivity index (χ1v) is 7.54. The summed E-state index contributed by atoms with van der Waals surface area (Å²) in [6.07, 6.45) is 0. The highest BCUT2D eigenvalue weighted by Gasteiger charge is 2.09. The van der Waals surface area contributed by atoms with E-state index in [1.165, 1.54) is 12.1 Å². The quantitative estimate of drug-likeness (QED) is 0.697. The molecule has 98 valence electrons. The van der Waals surface area contributed by atoms with E-state index in [1.54, 1.807) is 18.2 Å². The lowest BCUT2D eigenvalue weighted by atomic mass is 10.2. The van der Waals surface area contributed by atoms with Crippen molar-refractivity contribution in [1.29, 1.82) is 0 Å². The minimum atomic E-state index is -3.58. The average Bonchev–Trinajstić information content (AvgIpc) is 2.89. The van der Waals surface area contributed by atoms with Gasteiger partial charge in [0.05, 0.1) is 10.6 Å². The first kappa shape index (κ1) is 12.5. The summed E-state index contributed by atoms with van der Waals surface area (Å²) < 4.78 is 24.1. The summed E-state index contributed by atoms with van der Waals surface area (Å²) in [4.78, 5) is 3.29. The van der Waals surface area contributed by atoms with Gasteiger partial charge in [-0.2, -0.15) is 0 Å². The van der Waals surface area contributed by atoms with E-state index >= 15 is 0 Å². The molecule has 0 atom stereocenters.